The molecule has 6 nitrogen and oxygen atoms in total. The summed E-state index contributed by atoms with van der Waals surface area (Å²) in [5.74, 6) is 0.713. The van der Waals surface area contributed by atoms with Crippen molar-refractivity contribution in [3.05, 3.63) is 36.5 Å². The fourth-order valence-corrected chi connectivity index (χ4v) is 2.94. The van der Waals surface area contributed by atoms with Crippen LogP contribution in [0.2, 0.25) is 0 Å². The smallest absolute Gasteiger partial charge is 0.213 e. The first kappa shape index (κ1) is 13.5. The van der Waals surface area contributed by atoms with Gasteiger partial charge in [-0.2, -0.15) is 4.98 Å². The molecule has 0 bridgehead atoms. The fraction of sp³-hybridized carbons (Fsp3) is 0.333. The lowest BCUT2D eigenvalue weighted by molar-refractivity contribution is 0.411. The van der Waals surface area contributed by atoms with E-state index in [4.69, 9.17) is 0 Å². The van der Waals surface area contributed by atoms with Gasteiger partial charge in [0.1, 0.15) is 0 Å². The Balaban J connectivity index is 2.02. The van der Waals surface area contributed by atoms with E-state index in [0.717, 1.165) is 5.69 Å². The largest absolute Gasteiger partial charge is 0.378 e. The van der Waals surface area contributed by atoms with Crippen LogP contribution in [0.3, 0.4) is 0 Å². The number of sulfone groups is 1. The van der Waals surface area contributed by atoms with Gasteiger partial charge < -0.3 is 9.84 Å². The third-order valence-corrected chi connectivity index (χ3v) is 4.48. The van der Waals surface area contributed by atoms with E-state index in [1.165, 1.54) is 6.39 Å². The minimum atomic E-state index is -3.15. The first-order chi connectivity index (χ1) is 9.12. The van der Waals surface area contributed by atoms with Gasteiger partial charge in [-0.1, -0.05) is 12.1 Å². The summed E-state index contributed by atoms with van der Waals surface area (Å²) in [6.45, 7) is 2.27. The highest BCUT2D eigenvalue weighted by atomic mass is 32.2. The average molecular weight is 281 g/mol. The van der Waals surface area contributed by atoms with E-state index in [0.29, 0.717) is 23.7 Å². The molecule has 2 aromatic rings. The predicted octanol–water partition coefficient (Wildman–Crippen LogP) is 1.87. The molecule has 0 fully saturated rings. The van der Waals surface area contributed by atoms with Crippen LogP contribution in [0.25, 0.3) is 0 Å². The Bertz CT molecular complexity index is 606. The Morgan fingerprint density at radius 3 is 2.58 bits per heavy atom. The van der Waals surface area contributed by atoms with E-state index >= 15 is 0 Å². The highest BCUT2D eigenvalue weighted by molar-refractivity contribution is 7.91. The van der Waals surface area contributed by atoms with Gasteiger partial charge in [-0.15, -0.1) is 0 Å². The van der Waals surface area contributed by atoms with Gasteiger partial charge in [0.2, 0.25) is 6.39 Å². The van der Waals surface area contributed by atoms with E-state index in [9.17, 15) is 8.42 Å². The normalized spacial score (nSPS) is 11.4. The van der Waals surface area contributed by atoms with Crippen molar-refractivity contribution in [1.82, 2.24) is 10.1 Å². The molecule has 1 aromatic carbocycles. The zero-order chi connectivity index (χ0) is 13.7. The predicted molar refractivity (Wildman–Crippen MR) is 70.4 cm³/mol. The number of hydrogen-bond donors (Lipinski definition) is 1. The average Bonchev–Trinajstić information content (AvgIpc) is 2.90. The SMILES string of the molecule is CCCS(=O)(=O)c1ccc(NCc2ncon2)cc1. The van der Waals surface area contributed by atoms with Gasteiger partial charge in [-0.05, 0) is 30.7 Å². The summed E-state index contributed by atoms with van der Waals surface area (Å²) < 4.78 is 28.3. The molecule has 0 spiro atoms. The van der Waals surface area contributed by atoms with Crippen LogP contribution in [0.1, 0.15) is 19.2 Å². The van der Waals surface area contributed by atoms with Crippen LogP contribution in [0.4, 0.5) is 5.69 Å². The van der Waals surface area contributed by atoms with Crippen molar-refractivity contribution in [3.63, 3.8) is 0 Å². The van der Waals surface area contributed by atoms with Crippen molar-refractivity contribution in [3.8, 4) is 0 Å². The highest BCUT2D eigenvalue weighted by Gasteiger charge is 2.12. The molecule has 0 atom stereocenters. The summed E-state index contributed by atoms with van der Waals surface area (Å²) in [5.41, 5.74) is 0.806. The molecule has 0 aliphatic carbocycles. The Labute approximate surface area is 111 Å². The summed E-state index contributed by atoms with van der Waals surface area (Å²) in [5, 5.41) is 6.75. The van der Waals surface area contributed by atoms with E-state index in [2.05, 4.69) is 20.0 Å². The molecule has 7 heteroatoms. The summed E-state index contributed by atoms with van der Waals surface area (Å²) in [6, 6.07) is 6.65. The lowest BCUT2D eigenvalue weighted by Gasteiger charge is -2.06. The van der Waals surface area contributed by atoms with Gasteiger partial charge in [0.05, 0.1) is 17.2 Å². The Morgan fingerprint density at radius 1 is 1.26 bits per heavy atom. The molecular weight excluding hydrogens is 266 g/mol. The van der Waals surface area contributed by atoms with E-state index < -0.39 is 9.84 Å². The van der Waals surface area contributed by atoms with Crippen molar-refractivity contribution in [2.75, 3.05) is 11.1 Å². The number of nitrogens with one attached hydrogen (secondary N) is 1. The number of anilines is 1. The number of benzene rings is 1. The molecule has 0 saturated carbocycles. The fourth-order valence-electron chi connectivity index (χ4n) is 1.62. The van der Waals surface area contributed by atoms with Crippen molar-refractivity contribution >= 4 is 15.5 Å². The summed E-state index contributed by atoms with van der Waals surface area (Å²) in [4.78, 5) is 4.22. The number of nitrogens with zero attached hydrogens (tertiary/aromatic N) is 2. The Kier molecular flexibility index (Phi) is 4.16. The van der Waals surface area contributed by atoms with Crippen LogP contribution in [0.15, 0.2) is 40.1 Å². The second-order valence-electron chi connectivity index (χ2n) is 4.04. The van der Waals surface area contributed by atoms with E-state index in [-0.39, 0.29) is 5.75 Å². The molecule has 0 amide bonds. The van der Waals surface area contributed by atoms with Gasteiger partial charge in [-0.25, -0.2) is 8.42 Å². The van der Waals surface area contributed by atoms with E-state index in [1.807, 2.05) is 6.92 Å². The third kappa shape index (κ3) is 3.54. The van der Waals surface area contributed by atoms with Gasteiger partial charge in [0, 0.05) is 5.69 Å². The molecule has 1 heterocycles. The summed E-state index contributed by atoms with van der Waals surface area (Å²) >= 11 is 0. The number of hydrogen-bond acceptors (Lipinski definition) is 6. The molecule has 1 N–H and O–H groups in total. The third-order valence-electron chi connectivity index (χ3n) is 2.54. The maximum atomic E-state index is 11.8. The lowest BCUT2D eigenvalue weighted by Crippen LogP contribution is -2.06. The van der Waals surface area contributed by atoms with E-state index in [1.54, 1.807) is 24.3 Å². The zero-order valence-corrected chi connectivity index (χ0v) is 11.4. The van der Waals surface area contributed by atoms with Crippen LogP contribution < -0.4 is 5.32 Å². The molecule has 0 saturated heterocycles. The van der Waals surface area contributed by atoms with Gasteiger partial charge in [0.25, 0.3) is 0 Å². The summed E-state index contributed by atoms with van der Waals surface area (Å²) in [7, 11) is -3.15. The monoisotopic (exact) mass is 281 g/mol. The van der Waals surface area contributed by atoms with Gasteiger partial charge in [0.15, 0.2) is 15.7 Å². The second-order valence-corrected chi connectivity index (χ2v) is 6.15. The molecule has 0 aliphatic rings. The Hall–Kier alpha value is -1.89. The quantitative estimate of drug-likeness (QED) is 0.870. The number of aromatic nitrogens is 2. The van der Waals surface area contributed by atoms with Crippen molar-refractivity contribution in [1.29, 1.82) is 0 Å². The molecule has 0 aliphatic heterocycles. The molecular formula is C12H15N3O3S. The molecule has 1 aromatic heterocycles. The molecule has 19 heavy (non-hydrogen) atoms. The second kappa shape index (κ2) is 5.83. The first-order valence-corrected chi connectivity index (χ1v) is 7.59. The molecule has 102 valence electrons. The Morgan fingerprint density at radius 2 is 2.00 bits per heavy atom. The molecule has 0 unspecified atom stereocenters. The standard InChI is InChI=1S/C12H15N3O3S/c1-2-7-19(16,17)11-5-3-10(4-6-11)13-8-12-14-9-18-15-12/h3-6,9,13H,2,7-8H2,1H3. The number of rotatable bonds is 6. The van der Waals surface area contributed by atoms with Crippen LogP contribution in [0.5, 0.6) is 0 Å². The maximum Gasteiger partial charge on any atom is 0.213 e. The zero-order valence-electron chi connectivity index (χ0n) is 10.5. The van der Waals surface area contributed by atoms with Crippen LogP contribution in [-0.2, 0) is 16.4 Å². The van der Waals surface area contributed by atoms with Crippen molar-refractivity contribution < 1.29 is 12.9 Å². The maximum absolute atomic E-state index is 11.8. The van der Waals surface area contributed by atoms with Crippen molar-refractivity contribution in [2.45, 2.75) is 24.8 Å². The van der Waals surface area contributed by atoms with Crippen LogP contribution >= 0.6 is 0 Å². The molecule has 0 radical (unpaired) electrons. The lowest BCUT2D eigenvalue weighted by atomic mass is 10.3. The highest BCUT2D eigenvalue weighted by Crippen LogP contribution is 2.16. The van der Waals surface area contributed by atoms with Crippen molar-refractivity contribution in [2.24, 2.45) is 0 Å². The molecule has 2 rings (SSSR count). The minimum Gasteiger partial charge on any atom is -0.378 e. The van der Waals surface area contributed by atoms with Gasteiger partial charge in [-0.3, -0.25) is 0 Å². The topological polar surface area (TPSA) is 85.1 Å². The van der Waals surface area contributed by atoms with Gasteiger partial charge >= 0.3 is 0 Å². The first-order valence-electron chi connectivity index (χ1n) is 5.94. The minimum absolute atomic E-state index is 0.169. The van der Waals surface area contributed by atoms with Crippen LogP contribution in [-0.4, -0.2) is 24.3 Å². The summed E-state index contributed by atoms with van der Waals surface area (Å²) in [6.07, 6.45) is 1.87. The van der Waals surface area contributed by atoms with Crippen LogP contribution in [0, 0.1) is 0 Å².